The number of fused-ring (bicyclic) bond motifs is 1. The van der Waals surface area contributed by atoms with Gasteiger partial charge in [-0.3, -0.25) is 9.20 Å². The summed E-state index contributed by atoms with van der Waals surface area (Å²) < 4.78 is 13.3. The van der Waals surface area contributed by atoms with E-state index in [2.05, 4.69) is 15.5 Å². The topological polar surface area (TPSA) is 77.8 Å². The number of para-hydroxylation sites is 1. The van der Waals surface area contributed by atoms with E-state index in [1.165, 1.54) is 0 Å². The van der Waals surface area contributed by atoms with Gasteiger partial charge in [0.2, 0.25) is 0 Å². The Morgan fingerprint density at radius 3 is 3.00 bits per heavy atom. The van der Waals surface area contributed by atoms with Crippen molar-refractivity contribution >= 4 is 11.6 Å². The second-order valence-corrected chi connectivity index (χ2v) is 6.49. The second kappa shape index (κ2) is 8.18. The van der Waals surface area contributed by atoms with Crippen molar-refractivity contribution in [3.63, 3.8) is 0 Å². The predicted octanol–water partition coefficient (Wildman–Crippen LogP) is 2.26. The summed E-state index contributed by atoms with van der Waals surface area (Å²) in [6.45, 7) is 1.72. The Morgan fingerprint density at radius 2 is 2.11 bits per heavy atom. The van der Waals surface area contributed by atoms with Crippen molar-refractivity contribution in [3.05, 3.63) is 60.0 Å². The largest absolute Gasteiger partial charge is 0.490 e. The lowest BCUT2D eigenvalue weighted by Crippen LogP contribution is -2.27. The fourth-order valence-corrected chi connectivity index (χ4v) is 3.18. The van der Waals surface area contributed by atoms with E-state index in [0.29, 0.717) is 30.9 Å². The normalized spacial score (nSPS) is 16.5. The van der Waals surface area contributed by atoms with Gasteiger partial charge in [0.15, 0.2) is 5.65 Å². The fourth-order valence-electron chi connectivity index (χ4n) is 3.18. The van der Waals surface area contributed by atoms with Crippen molar-refractivity contribution in [1.29, 1.82) is 0 Å². The van der Waals surface area contributed by atoms with Gasteiger partial charge >= 0.3 is 0 Å². The monoisotopic (exact) mass is 366 g/mol. The molecule has 2 aromatic heterocycles. The zero-order valence-corrected chi connectivity index (χ0v) is 15.0. The number of hydrogen-bond acceptors (Lipinski definition) is 5. The molecule has 1 unspecified atom stereocenters. The molecule has 4 rings (SSSR count). The number of pyridine rings is 1. The number of aromatic nitrogens is 3. The SMILES string of the molecule is O=C(NCCc1nnc2ccccn12)c1ccccc1OCC1CCCO1. The molecule has 1 amide bonds. The fraction of sp³-hybridized carbons (Fsp3) is 0.350. The van der Waals surface area contributed by atoms with E-state index in [-0.39, 0.29) is 12.0 Å². The van der Waals surface area contributed by atoms with Crippen molar-refractivity contribution in [2.75, 3.05) is 19.8 Å². The molecule has 0 radical (unpaired) electrons. The molecule has 1 aliphatic heterocycles. The van der Waals surface area contributed by atoms with Gasteiger partial charge in [-0.1, -0.05) is 18.2 Å². The molecule has 7 nitrogen and oxygen atoms in total. The molecule has 1 atom stereocenters. The molecule has 0 spiro atoms. The van der Waals surface area contributed by atoms with E-state index >= 15 is 0 Å². The van der Waals surface area contributed by atoms with Crippen LogP contribution in [-0.4, -0.2) is 46.4 Å². The third-order valence-electron chi connectivity index (χ3n) is 4.60. The van der Waals surface area contributed by atoms with Crippen molar-refractivity contribution in [1.82, 2.24) is 19.9 Å². The van der Waals surface area contributed by atoms with Crippen LogP contribution in [0.15, 0.2) is 48.7 Å². The maximum atomic E-state index is 12.6. The smallest absolute Gasteiger partial charge is 0.255 e. The van der Waals surface area contributed by atoms with Crippen LogP contribution in [0, 0.1) is 0 Å². The molecule has 0 aliphatic carbocycles. The van der Waals surface area contributed by atoms with Crippen LogP contribution in [0.5, 0.6) is 5.75 Å². The number of amides is 1. The Kier molecular flexibility index (Phi) is 5.29. The molecule has 0 bridgehead atoms. The Hall–Kier alpha value is -2.93. The Balaban J connectivity index is 1.35. The van der Waals surface area contributed by atoms with Crippen LogP contribution >= 0.6 is 0 Å². The highest BCUT2D eigenvalue weighted by Gasteiger charge is 2.18. The third kappa shape index (κ3) is 4.09. The average Bonchev–Trinajstić information content (AvgIpc) is 3.37. The van der Waals surface area contributed by atoms with E-state index in [4.69, 9.17) is 9.47 Å². The van der Waals surface area contributed by atoms with E-state index in [0.717, 1.165) is 30.9 Å². The summed E-state index contributed by atoms with van der Waals surface area (Å²) in [5.74, 6) is 1.24. The lowest BCUT2D eigenvalue weighted by Gasteiger charge is -2.14. The molecule has 140 valence electrons. The maximum Gasteiger partial charge on any atom is 0.255 e. The van der Waals surface area contributed by atoms with Crippen LogP contribution in [0.25, 0.3) is 5.65 Å². The zero-order chi connectivity index (χ0) is 18.5. The molecule has 1 N–H and O–H groups in total. The highest BCUT2D eigenvalue weighted by molar-refractivity contribution is 5.96. The predicted molar refractivity (Wildman–Crippen MR) is 99.9 cm³/mol. The first-order chi connectivity index (χ1) is 13.3. The summed E-state index contributed by atoms with van der Waals surface area (Å²) in [5.41, 5.74) is 1.33. The van der Waals surface area contributed by atoms with E-state index in [1.54, 1.807) is 6.07 Å². The molecule has 1 fully saturated rings. The van der Waals surface area contributed by atoms with Crippen LogP contribution in [0.3, 0.4) is 0 Å². The lowest BCUT2D eigenvalue weighted by atomic mass is 10.2. The molecule has 27 heavy (non-hydrogen) atoms. The number of benzene rings is 1. The van der Waals surface area contributed by atoms with Gasteiger partial charge < -0.3 is 14.8 Å². The molecular weight excluding hydrogens is 344 g/mol. The van der Waals surface area contributed by atoms with Gasteiger partial charge in [0.1, 0.15) is 18.2 Å². The first-order valence-electron chi connectivity index (χ1n) is 9.21. The Labute approximate surface area is 157 Å². The molecule has 3 aromatic rings. The van der Waals surface area contributed by atoms with Crippen LogP contribution in [0.1, 0.15) is 29.0 Å². The number of carbonyl (C=O) groups excluding carboxylic acids is 1. The minimum absolute atomic E-state index is 0.113. The van der Waals surface area contributed by atoms with Crippen molar-refractivity contribution < 1.29 is 14.3 Å². The molecule has 1 aromatic carbocycles. The molecule has 1 aliphatic rings. The first-order valence-corrected chi connectivity index (χ1v) is 9.21. The first kappa shape index (κ1) is 17.5. The summed E-state index contributed by atoms with van der Waals surface area (Å²) in [7, 11) is 0. The summed E-state index contributed by atoms with van der Waals surface area (Å²) in [6, 6.07) is 13.0. The molecule has 3 heterocycles. The summed E-state index contributed by atoms with van der Waals surface area (Å²) in [5, 5.41) is 11.2. The third-order valence-corrected chi connectivity index (χ3v) is 4.60. The van der Waals surface area contributed by atoms with Crippen molar-refractivity contribution in [2.45, 2.75) is 25.4 Å². The second-order valence-electron chi connectivity index (χ2n) is 6.49. The Bertz CT molecular complexity index is 918. The summed E-state index contributed by atoms with van der Waals surface area (Å²) >= 11 is 0. The molecular formula is C20H22N4O3. The van der Waals surface area contributed by atoms with Gasteiger partial charge in [-0.2, -0.15) is 0 Å². The number of nitrogens with zero attached hydrogens (tertiary/aromatic N) is 3. The van der Waals surface area contributed by atoms with Gasteiger partial charge in [0, 0.05) is 25.8 Å². The highest BCUT2D eigenvalue weighted by atomic mass is 16.5. The van der Waals surface area contributed by atoms with Gasteiger partial charge in [0.25, 0.3) is 5.91 Å². The number of hydrogen-bond donors (Lipinski definition) is 1. The number of ether oxygens (including phenoxy) is 2. The van der Waals surface area contributed by atoms with Crippen molar-refractivity contribution in [2.24, 2.45) is 0 Å². The highest BCUT2D eigenvalue weighted by Crippen LogP contribution is 2.20. The van der Waals surface area contributed by atoms with E-state index in [1.807, 2.05) is 47.0 Å². The summed E-state index contributed by atoms with van der Waals surface area (Å²) in [4.78, 5) is 12.6. The van der Waals surface area contributed by atoms with Crippen LogP contribution in [-0.2, 0) is 11.2 Å². The van der Waals surface area contributed by atoms with Crippen LogP contribution < -0.4 is 10.1 Å². The number of rotatable bonds is 7. The van der Waals surface area contributed by atoms with Gasteiger partial charge in [-0.15, -0.1) is 10.2 Å². The molecule has 1 saturated heterocycles. The summed E-state index contributed by atoms with van der Waals surface area (Å²) in [6.07, 6.45) is 4.69. The average molecular weight is 366 g/mol. The van der Waals surface area contributed by atoms with Gasteiger partial charge in [0.05, 0.1) is 11.7 Å². The van der Waals surface area contributed by atoms with E-state index < -0.39 is 0 Å². The molecule has 7 heteroatoms. The zero-order valence-electron chi connectivity index (χ0n) is 15.0. The van der Waals surface area contributed by atoms with Gasteiger partial charge in [-0.05, 0) is 37.1 Å². The minimum Gasteiger partial charge on any atom is -0.490 e. The minimum atomic E-state index is -0.160. The Morgan fingerprint density at radius 1 is 1.22 bits per heavy atom. The number of carbonyl (C=O) groups is 1. The molecule has 0 saturated carbocycles. The van der Waals surface area contributed by atoms with E-state index in [9.17, 15) is 4.79 Å². The quantitative estimate of drug-likeness (QED) is 0.694. The van der Waals surface area contributed by atoms with Gasteiger partial charge in [-0.25, -0.2) is 0 Å². The van der Waals surface area contributed by atoms with Crippen LogP contribution in [0.2, 0.25) is 0 Å². The maximum absolute atomic E-state index is 12.6. The van der Waals surface area contributed by atoms with Crippen LogP contribution in [0.4, 0.5) is 0 Å². The standard InChI is InChI=1S/C20H22N4O3/c25-20(21-11-10-19-23-22-18-9-3-4-12-24(18)19)16-7-1-2-8-17(16)27-14-15-6-5-13-26-15/h1-4,7-9,12,15H,5-6,10-11,13-14H2,(H,21,25). The number of nitrogens with one attached hydrogen (secondary N) is 1. The van der Waals surface area contributed by atoms with Crippen molar-refractivity contribution in [3.8, 4) is 5.75 Å². The lowest BCUT2D eigenvalue weighted by molar-refractivity contribution is 0.0670.